The molecule has 2 N–H and O–H groups in total. The van der Waals surface area contributed by atoms with Crippen LogP contribution in [-0.2, 0) is 0 Å². The van der Waals surface area contributed by atoms with E-state index in [-0.39, 0.29) is 0 Å². The van der Waals surface area contributed by atoms with Gasteiger partial charge in [-0.3, -0.25) is 4.79 Å². The van der Waals surface area contributed by atoms with Gasteiger partial charge in [-0.1, -0.05) is 5.92 Å². The first-order valence-corrected chi connectivity index (χ1v) is 3.43. The van der Waals surface area contributed by atoms with Gasteiger partial charge in [0, 0.05) is 6.20 Å². The average Bonchev–Trinajstić information content (AvgIpc) is 2.05. The molecular formula is C9H8N2O. The molecule has 3 nitrogen and oxygen atoms in total. The molecule has 1 rings (SSSR count). The van der Waals surface area contributed by atoms with E-state index in [1.807, 2.05) is 0 Å². The molecule has 1 amide bonds. The number of nitrogens with two attached hydrogens (primary N) is 1. The van der Waals surface area contributed by atoms with Crippen LogP contribution >= 0.6 is 0 Å². The Morgan fingerprint density at radius 1 is 1.67 bits per heavy atom. The normalized spacial score (nSPS) is 8.42. The summed E-state index contributed by atoms with van der Waals surface area (Å²) in [7, 11) is 0. The van der Waals surface area contributed by atoms with Crippen LogP contribution in [0.1, 0.15) is 23.0 Å². The second-order valence-corrected chi connectivity index (χ2v) is 2.14. The third kappa shape index (κ3) is 1.61. The number of hydrogen-bond acceptors (Lipinski definition) is 2. The maximum atomic E-state index is 10.8. The van der Waals surface area contributed by atoms with Crippen LogP contribution in [0.25, 0.3) is 0 Å². The Bertz CT molecular complexity index is 360. The highest BCUT2D eigenvalue weighted by Crippen LogP contribution is 2.01. The van der Waals surface area contributed by atoms with Crippen molar-refractivity contribution in [3.05, 3.63) is 29.6 Å². The number of aromatic nitrogens is 1. The number of primary amides is 1. The predicted molar refractivity (Wildman–Crippen MR) is 45.3 cm³/mol. The lowest BCUT2D eigenvalue weighted by Gasteiger charge is -1.96. The van der Waals surface area contributed by atoms with Crippen LogP contribution in [0.4, 0.5) is 0 Å². The smallest absolute Gasteiger partial charge is 0.251 e. The average molecular weight is 160 g/mol. The van der Waals surface area contributed by atoms with Gasteiger partial charge in [-0.2, -0.15) is 0 Å². The van der Waals surface area contributed by atoms with E-state index in [4.69, 9.17) is 5.73 Å². The van der Waals surface area contributed by atoms with Gasteiger partial charge in [0.15, 0.2) is 0 Å². The number of hydrogen-bond donors (Lipinski definition) is 1. The van der Waals surface area contributed by atoms with Gasteiger partial charge in [-0.25, -0.2) is 4.98 Å². The lowest BCUT2D eigenvalue weighted by molar-refractivity contribution is 0.0999. The van der Waals surface area contributed by atoms with Gasteiger partial charge in [-0.05, 0) is 25.0 Å². The van der Waals surface area contributed by atoms with Gasteiger partial charge in [0.25, 0.3) is 5.91 Å². The largest absolute Gasteiger partial charge is 0.366 e. The molecule has 0 aromatic carbocycles. The van der Waals surface area contributed by atoms with Crippen molar-refractivity contribution in [2.45, 2.75) is 6.92 Å². The van der Waals surface area contributed by atoms with Crippen LogP contribution < -0.4 is 5.73 Å². The second-order valence-electron chi connectivity index (χ2n) is 2.14. The van der Waals surface area contributed by atoms with Gasteiger partial charge in [-0.15, -0.1) is 0 Å². The first-order valence-electron chi connectivity index (χ1n) is 3.43. The number of carbonyl (C=O) groups is 1. The molecule has 0 bridgehead atoms. The molecule has 1 aromatic rings. The number of rotatable bonds is 1. The molecule has 0 atom stereocenters. The lowest BCUT2D eigenvalue weighted by atomic mass is 10.2. The Labute approximate surface area is 70.6 Å². The van der Waals surface area contributed by atoms with Gasteiger partial charge < -0.3 is 5.73 Å². The first kappa shape index (κ1) is 8.28. The van der Waals surface area contributed by atoms with Gasteiger partial charge in [0.2, 0.25) is 0 Å². The SMILES string of the molecule is CC#Cc1ncccc1C(N)=O. The van der Waals surface area contributed by atoms with E-state index in [1.165, 1.54) is 0 Å². The van der Waals surface area contributed by atoms with E-state index < -0.39 is 5.91 Å². The summed E-state index contributed by atoms with van der Waals surface area (Å²) in [5, 5.41) is 0. The molecule has 3 heteroatoms. The van der Waals surface area contributed by atoms with E-state index >= 15 is 0 Å². The quantitative estimate of drug-likeness (QED) is 0.610. The minimum Gasteiger partial charge on any atom is -0.366 e. The highest BCUT2D eigenvalue weighted by Gasteiger charge is 2.04. The summed E-state index contributed by atoms with van der Waals surface area (Å²) < 4.78 is 0. The van der Waals surface area contributed by atoms with Crippen molar-refractivity contribution in [3.8, 4) is 11.8 Å². The third-order valence-corrected chi connectivity index (χ3v) is 1.32. The van der Waals surface area contributed by atoms with Crippen molar-refractivity contribution in [2.75, 3.05) is 0 Å². The Balaban J connectivity index is 3.23. The van der Waals surface area contributed by atoms with Crippen molar-refractivity contribution < 1.29 is 4.79 Å². The van der Waals surface area contributed by atoms with Crippen LogP contribution in [0.15, 0.2) is 18.3 Å². The maximum absolute atomic E-state index is 10.8. The summed E-state index contributed by atoms with van der Waals surface area (Å²) in [5.41, 5.74) is 5.90. The fraction of sp³-hybridized carbons (Fsp3) is 0.111. The molecule has 0 aliphatic rings. The number of carbonyl (C=O) groups excluding carboxylic acids is 1. The summed E-state index contributed by atoms with van der Waals surface area (Å²) in [4.78, 5) is 14.7. The number of nitrogens with zero attached hydrogens (tertiary/aromatic N) is 1. The monoisotopic (exact) mass is 160 g/mol. The van der Waals surface area contributed by atoms with Crippen LogP contribution in [-0.4, -0.2) is 10.9 Å². The fourth-order valence-corrected chi connectivity index (χ4v) is 0.822. The highest BCUT2D eigenvalue weighted by atomic mass is 16.1. The van der Waals surface area contributed by atoms with Crippen LogP contribution in [0.5, 0.6) is 0 Å². The van der Waals surface area contributed by atoms with Crippen LogP contribution in [0.3, 0.4) is 0 Å². The Kier molecular flexibility index (Phi) is 2.44. The number of pyridine rings is 1. The van der Waals surface area contributed by atoms with Gasteiger partial charge in [0.05, 0.1) is 5.56 Å². The predicted octanol–water partition coefficient (Wildman–Crippen LogP) is 0.552. The number of amides is 1. The van der Waals surface area contributed by atoms with Crippen molar-refractivity contribution in [1.29, 1.82) is 0 Å². The Morgan fingerprint density at radius 3 is 3.00 bits per heavy atom. The fourth-order valence-electron chi connectivity index (χ4n) is 0.822. The standard InChI is InChI=1S/C9H8N2O/c1-2-4-8-7(9(10)12)5-3-6-11-8/h3,5-6H,1H3,(H2,10,12). The molecule has 12 heavy (non-hydrogen) atoms. The maximum Gasteiger partial charge on any atom is 0.251 e. The minimum absolute atomic E-state index is 0.367. The Morgan fingerprint density at radius 2 is 2.42 bits per heavy atom. The molecule has 0 aliphatic heterocycles. The van der Waals surface area contributed by atoms with Crippen molar-refractivity contribution in [2.24, 2.45) is 5.73 Å². The first-order chi connectivity index (χ1) is 5.75. The molecular weight excluding hydrogens is 152 g/mol. The molecule has 0 saturated heterocycles. The molecule has 60 valence electrons. The molecule has 0 unspecified atom stereocenters. The summed E-state index contributed by atoms with van der Waals surface area (Å²) in [5.74, 6) is 4.86. The summed E-state index contributed by atoms with van der Waals surface area (Å²) >= 11 is 0. The van der Waals surface area contributed by atoms with Crippen molar-refractivity contribution >= 4 is 5.91 Å². The molecule has 1 heterocycles. The van der Waals surface area contributed by atoms with Crippen molar-refractivity contribution in [1.82, 2.24) is 4.98 Å². The summed E-state index contributed by atoms with van der Waals surface area (Å²) in [6.45, 7) is 1.68. The third-order valence-electron chi connectivity index (χ3n) is 1.32. The van der Waals surface area contributed by atoms with Crippen LogP contribution in [0.2, 0.25) is 0 Å². The zero-order valence-corrected chi connectivity index (χ0v) is 6.66. The van der Waals surface area contributed by atoms with E-state index in [2.05, 4.69) is 16.8 Å². The van der Waals surface area contributed by atoms with Gasteiger partial charge >= 0.3 is 0 Å². The topological polar surface area (TPSA) is 56.0 Å². The molecule has 0 aliphatic carbocycles. The van der Waals surface area contributed by atoms with E-state index in [0.29, 0.717) is 11.3 Å². The molecule has 0 radical (unpaired) electrons. The van der Waals surface area contributed by atoms with Crippen LogP contribution in [0, 0.1) is 11.8 Å². The highest BCUT2D eigenvalue weighted by molar-refractivity contribution is 5.94. The van der Waals surface area contributed by atoms with E-state index in [1.54, 1.807) is 25.3 Å². The zero-order chi connectivity index (χ0) is 8.97. The van der Waals surface area contributed by atoms with Gasteiger partial charge in [0.1, 0.15) is 5.69 Å². The second kappa shape index (κ2) is 3.54. The molecule has 1 aromatic heterocycles. The molecule has 0 fully saturated rings. The lowest BCUT2D eigenvalue weighted by Crippen LogP contribution is -2.13. The minimum atomic E-state index is -0.499. The Hall–Kier alpha value is -1.82. The summed E-state index contributed by atoms with van der Waals surface area (Å²) in [6, 6.07) is 3.26. The summed E-state index contributed by atoms with van der Waals surface area (Å²) in [6.07, 6.45) is 1.58. The molecule has 0 spiro atoms. The van der Waals surface area contributed by atoms with E-state index in [0.717, 1.165) is 0 Å². The van der Waals surface area contributed by atoms with Crippen molar-refractivity contribution in [3.63, 3.8) is 0 Å². The molecule has 0 saturated carbocycles. The van der Waals surface area contributed by atoms with E-state index in [9.17, 15) is 4.79 Å². The zero-order valence-electron chi connectivity index (χ0n) is 6.66.